The maximum atomic E-state index is 13.5. The van der Waals surface area contributed by atoms with E-state index in [0.29, 0.717) is 10.8 Å². The number of alkyl halides is 1. The first kappa shape index (κ1) is 16.7. The number of nitrogens with zero attached hydrogens (tertiary/aromatic N) is 1. The Hall–Kier alpha value is -1.66. The van der Waals surface area contributed by atoms with Crippen LogP contribution in [0.2, 0.25) is 0 Å². The molecule has 1 aromatic rings. The van der Waals surface area contributed by atoms with E-state index < -0.39 is 46.5 Å². The normalized spacial score (nSPS) is 32.4. The Balaban J connectivity index is 2.61. The van der Waals surface area contributed by atoms with Crippen LogP contribution in [0.5, 0.6) is 0 Å². The minimum Gasteiger partial charge on any atom is -0.391 e. The van der Waals surface area contributed by atoms with E-state index in [1.165, 1.54) is 13.8 Å². The lowest BCUT2D eigenvalue weighted by molar-refractivity contribution is -0.0775. The molecule has 1 aliphatic heterocycles. The summed E-state index contributed by atoms with van der Waals surface area (Å²) in [5, 5.41) is 19.9. The Kier molecular flexibility index (Phi) is 4.44. The van der Waals surface area contributed by atoms with Gasteiger partial charge in [0.15, 0.2) is 11.1 Å². The highest BCUT2D eigenvalue weighted by atomic mass is 35.5. The van der Waals surface area contributed by atoms with Crippen LogP contribution in [0.25, 0.3) is 0 Å². The molecule has 0 bridgehead atoms. The van der Waals surface area contributed by atoms with Crippen molar-refractivity contribution in [1.82, 2.24) is 9.55 Å². The number of aromatic nitrogens is 2. The minimum atomic E-state index is -1.79. The SMILES string of the molecule is CC#CC1(Cl)[C@@H](O)[C@@H]([C@@H](C)O)O[C@H]1n1cc(F)c(=O)[nH]c1=O. The molecule has 0 aromatic carbocycles. The van der Waals surface area contributed by atoms with E-state index in [1.54, 1.807) is 4.98 Å². The van der Waals surface area contributed by atoms with Gasteiger partial charge in [0.25, 0.3) is 5.56 Å². The van der Waals surface area contributed by atoms with Crippen molar-refractivity contribution in [3.05, 3.63) is 32.9 Å². The molecule has 0 saturated carbocycles. The van der Waals surface area contributed by atoms with Gasteiger partial charge in [0.05, 0.1) is 12.3 Å². The summed E-state index contributed by atoms with van der Waals surface area (Å²) >= 11 is 6.29. The fraction of sp³-hybridized carbons (Fsp3) is 0.538. The predicted octanol–water partition coefficient (Wildman–Crippen LogP) is -0.684. The monoisotopic (exact) mass is 332 g/mol. The first-order chi connectivity index (χ1) is 10.2. The van der Waals surface area contributed by atoms with Gasteiger partial charge < -0.3 is 14.9 Å². The zero-order valence-corrected chi connectivity index (χ0v) is 12.5. The molecule has 5 atom stereocenters. The van der Waals surface area contributed by atoms with Crippen LogP contribution in [-0.4, -0.2) is 43.0 Å². The number of aliphatic hydroxyl groups excluding tert-OH is 2. The van der Waals surface area contributed by atoms with Crippen LogP contribution in [0.3, 0.4) is 0 Å². The molecule has 2 rings (SSSR count). The van der Waals surface area contributed by atoms with Crippen LogP contribution in [0, 0.1) is 17.7 Å². The van der Waals surface area contributed by atoms with E-state index >= 15 is 0 Å². The molecular formula is C13H14ClFN2O5. The number of aromatic amines is 1. The number of H-pyrrole nitrogens is 1. The van der Waals surface area contributed by atoms with E-state index in [9.17, 15) is 24.2 Å². The fourth-order valence-corrected chi connectivity index (χ4v) is 2.69. The summed E-state index contributed by atoms with van der Waals surface area (Å²) in [5.74, 6) is 3.80. The third kappa shape index (κ3) is 2.57. The van der Waals surface area contributed by atoms with Crippen molar-refractivity contribution in [2.24, 2.45) is 0 Å². The topological polar surface area (TPSA) is 105 Å². The summed E-state index contributed by atoms with van der Waals surface area (Å²) in [7, 11) is 0. The Morgan fingerprint density at radius 3 is 2.77 bits per heavy atom. The van der Waals surface area contributed by atoms with Crippen molar-refractivity contribution in [2.45, 2.75) is 43.3 Å². The van der Waals surface area contributed by atoms with Gasteiger partial charge in [0.1, 0.15) is 12.2 Å². The molecular weight excluding hydrogens is 319 g/mol. The van der Waals surface area contributed by atoms with Crippen molar-refractivity contribution in [3.8, 4) is 11.8 Å². The zero-order chi connectivity index (χ0) is 16.7. The molecule has 120 valence electrons. The molecule has 22 heavy (non-hydrogen) atoms. The van der Waals surface area contributed by atoms with E-state index in [0.717, 1.165) is 0 Å². The molecule has 0 aliphatic carbocycles. The highest BCUT2D eigenvalue weighted by Gasteiger charge is 2.57. The van der Waals surface area contributed by atoms with Gasteiger partial charge in [-0.25, -0.2) is 4.79 Å². The lowest BCUT2D eigenvalue weighted by atomic mass is 9.96. The smallest absolute Gasteiger partial charge is 0.330 e. The average Bonchev–Trinajstić information content (AvgIpc) is 2.68. The van der Waals surface area contributed by atoms with E-state index in [4.69, 9.17) is 16.3 Å². The van der Waals surface area contributed by atoms with Gasteiger partial charge in [-0.3, -0.25) is 14.3 Å². The summed E-state index contributed by atoms with van der Waals surface area (Å²) < 4.78 is 19.6. The highest BCUT2D eigenvalue weighted by molar-refractivity contribution is 6.27. The zero-order valence-electron chi connectivity index (χ0n) is 11.7. The molecule has 9 heteroatoms. The van der Waals surface area contributed by atoms with Gasteiger partial charge in [-0.15, -0.1) is 5.92 Å². The second-order valence-electron chi connectivity index (χ2n) is 4.93. The van der Waals surface area contributed by atoms with Gasteiger partial charge in [-0.05, 0) is 13.8 Å². The predicted molar refractivity (Wildman–Crippen MR) is 74.9 cm³/mol. The summed E-state index contributed by atoms with van der Waals surface area (Å²) in [6.45, 7) is 2.82. The van der Waals surface area contributed by atoms with Gasteiger partial charge >= 0.3 is 5.69 Å². The number of halogens is 2. The Bertz CT molecular complexity index is 749. The first-order valence-corrected chi connectivity index (χ1v) is 6.75. The third-order valence-corrected chi connectivity index (χ3v) is 3.86. The average molecular weight is 333 g/mol. The Labute approximate surface area is 129 Å². The van der Waals surface area contributed by atoms with E-state index in [-0.39, 0.29) is 0 Å². The lowest BCUT2D eigenvalue weighted by Gasteiger charge is -2.25. The van der Waals surface area contributed by atoms with Crippen LogP contribution in [-0.2, 0) is 4.74 Å². The van der Waals surface area contributed by atoms with Crippen LogP contribution in [0.4, 0.5) is 4.39 Å². The molecule has 2 heterocycles. The fourth-order valence-electron chi connectivity index (χ4n) is 2.32. The maximum absolute atomic E-state index is 13.5. The molecule has 0 radical (unpaired) electrons. The van der Waals surface area contributed by atoms with Gasteiger partial charge in [-0.1, -0.05) is 17.5 Å². The van der Waals surface area contributed by atoms with E-state index in [2.05, 4.69) is 11.8 Å². The summed E-state index contributed by atoms with van der Waals surface area (Å²) in [4.78, 5) is 22.9. The van der Waals surface area contributed by atoms with Crippen molar-refractivity contribution < 1.29 is 19.3 Å². The molecule has 1 unspecified atom stereocenters. The minimum absolute atomic E-state index is 0.622. The molecule has 3 N–H and O–H groups in total. The molecule has 7 nitrogen and oxygen atoms in total. The second-order valence-corrected chi connectivity index (χ2v) is 5.55. The van der Waals surface area contributed by atoms with Crippen LogP contribution < -0.4 is 11.2 Å². The van der Waals surface area contributed by atoms with Gasteiger partial charge in [0, 0.05) is 0 Å². The molecule has 1 fully saturated rings. The highest BCUT2D eigenvalue weighted by Crippen LogP contribution is 2.43. The lowest BCUT2D eigenvalue weighted by Crippen LogP contribution is -2.45. The van der Waals surface area contributed by atoms with E-state index in [1.807, 2.05) is 0 Å². The first-order valence-electron chi connectivity index (χ1n) is 6.37. The van der Waals surface area contributed by atoms with Crippen LogP contribution in [0.1, 0.15) is 20.1 Å². The molecule has 0 amide bonds. The van der Waals surface area contributed by atoms with Crippen molar-refractivity contribution >= 4 is 11.6 Å². The maximum Gasteiger partial charge on any atom is 0.330 e. The quantitative estimate of drug-likeness (QED) is 0.491. The number of ether oxygens (including phenoxy) is 1. The molecule has 1 aromatic heterocycles. The summed E-state index contributed by atoms with van der Waals surface area (Å²) in [6.07, 6.45) is -4.45. The Morgan fingerprint density at radius 1 is 1.59 bits per heavy atom. The number of rotatable bonds is 2. The number of nitrogens with one attached hydrogen (secondary N) is 1. The largest absolute Gasteiger partial charge is 0.391 e. The summed E-state index contributed by atoms with van der Waals surface area (Å²) in [5.41, 5.74) is -2.16. The van der Waals surface area contributed by atoms with Crippen LogP contribution >= 0.6 is 11.6 Å². The van der Waals surface area contributed by atoms with Crippen molar-refractivity contribution in [1.29, 1.82) is 0 Å². The standard InChI is InChI=1S/C13H14ClFN2O5/c1-3-4-13(14)9(19)8(6(2)18)22-11(13)17-5-7(15)10(20)16-12(17)21/h5-6,8-9,11,18-19H,1-2H3,(H,16,20,21)/t6-,8-,9+,11-,13?/m1/s1. The third-order valence-electron chi connectivity index (χ3n) is 3.36. The Morgan fingerprint density at radius 2 is 2.23 bits per heavy atom. The number of hydrogen-bond acceptors (Lipinski definition) is 5. The van der Waals surface area contributed by atoms with Gasteiger partial charge in [-0.2, -0.15) is 4.39 Å². The van der Waals surface area contributed by atoms with Crippen LogP contribution in [0.15, 0.2) is 15.8 Å². The number of aliphatic hydroxyl groups is 2. The molecule has 1 saturated heterocycles. The molecule has 0 spiro atoms. The summed E-state index contributed by atoms with van der Waals surface area (Å²) in [6, 6.07) is 0. The van der Waals surface area contributed by atoms with Crippen molar-refractivity contribution in [2.75, 3.05) is 0 Å². The number of hydrogen-bond donors (Lipinski definition) is 3. The van der Waals surface area contributed by atoms with Crippen molar-refractivity contribution in [3.63, 3.8) is 0 Å². The van der Waals surface area contributed by atoms with Gasteiger partial charge in [0.2, 0.25) is 5.82 Å². The second kappa shape index (κ2) is 5.85. The molecule has 1 aliphatic rings.